The van der Waals surface area contributed by atoms with Crippen LogP contribution < -0.4 is 9.64 Å². The summed E-state index contributed by atoms with van der Waals surface area (Å²) in [4.78, 5) is 19.6. The highest BCUT2D eigenvalue weighted by Crippen LogP contribution is 2.37. The standard InChI is InChI=1S/C19H22N4O3S/c1-12-6-7-15(25-3)16-17(12)27-19(20-16)23(11-13-5-4-10-26-13)18(24)14-8-9-22(2)21-14/h6-9,13H,4-5,10-11H2,1-3H3/t13-/m0/s1. The number of aromatic nitrogens is 3. The van der Waals surface area contributed by atoms with Crippen LogP contribution in [-0.4, -0.2) is 47.0 Å². The van der Waals surface area contributed by atoms with Crippen molar-refractivity contribution in [1.29, 1.82) is 0 Å². The molecule has 1 atom stereocenters. The van der Waals surface area contributed by atoms with Crippen molar-refractivity contribution >= 4 is 32.6 Å². The Bertz CT molecular complexity index is 975. The van der Waals surface area contributed by atoms with Crippen LogP contribution in [0.4, 0.5) is 5.13 Å². The van der Waals surface area contributed by atoms with Gasteiger partial charge in [0.25, 0.3) is 5.91 Å². The zero-order valence-electron chi connectivity index (χ0n) is 15.6. The predicted octanol–water partition coefficient (Wildman–Crippen LogP) is 3.17. The number of hydrogen-bond donors (Lipinski definition) is 0. The number of fused-ring (bicyclic) bond motifs is 1. The number of nitrogens with zero attached hydrogens (tertiary/aromatic N) is 4. The highest BCUT2D eigenvalue weighted by Gasteiger charge is 2.28. The third kappa shape index (κ3) is 3.42. The van der Waals surface area contributed by atoms with E-state index in [-0.39, 0.29) is 12.0 Å². The topological polar surface area (TPSA) is 69.5 Å². The molecular formula is C19H22N4O3S. The fourth-order valence-electron chi connectivity index (χ4n) is 3.29. The Morgan fingerprint density at radius 1 is 1.44 bits per heavy atom. The molecule has 3 heterocycles. The summed E-state index contributed by atoms with van der Waals surface area (Å²) in [5, 5.41) is 4.92. The van der Waals surface area contributed by atoms with Crippen LogP contribution in [0.25, 0.3) is 10.2 Å². The summed E-state index contributed by atoms with van der Waals surface area (Å²) in [6.45, 7) is 3.24. The summed E-state index contributed by atoms with van der Waals surface area (Å²) in [7, 11) is 3.43. The van der Waals surface area contributed by atoms with Crippen LogP contribution in [0.1, 0.15) is 28.9 Å². The maximum Gasteiger partial charge on any atom is 0.280 e. The van der Waals surface area contributed by atoms with Gasteiger partial charge >= 0.3 is 0 Å². The van der Waals surface area contributed by atoms with Crippen molar-refractivity contribution in [1.82, 2.24) is 14.8 Å². The first-order valence-electron chi connectivity index (χ1n) is 8.94. The molecule has 0 N–H and O–H groups in total. The second-order valence-electron chi connectivity index (χ2n) is 6.68. The van der Waals surface area contributed by atoms with Gasteiger partial charge < -0.3 is 9.47 Å². The summed E-state index contributed by atoms with van der Waals surface area (Å²) in [6, 6.07) is 5.64. The lowest BCUT2D eigenvalue weighted by Gasteiger charge is -2.22. The first-order valence-corrected chi connectivity index (χ1v) is 9.75. The molecule has 7 nitrogen and oxygen atoms in total. The number of ether oxygens (including phenoxy) is 2. The third-order valence-corrected chi connectivity index (χ3v) is 5.94. The first kappa shape index (κ1) is 17.9. The van der Waals surface area contributed by atoms with Gasteiger partial charge in [-0.2, -0.15) is 5.10 Å². The molecular weight excluding hydrogens is 364 g/mol. The molecule has 1 amide bonds. The van der Waals surface area contributed by atoms with E-state index in [1.54, 1.807) is 36.0 Å². The average molecular weight is 386 g/mol. The van der Waals surface area contributed by atoms with Gasteiger partial charge in [-0.3, -0.25) is 14.4 Å². The molecule has 1 aromatic carbocycles. The van der Waals surface area contributed by atoms with Crippen molar-refractivity contribution < 1.29 is 14.3 Å². The average Bonchev–Trinajstić information content (AvgIpc) is 3.40. The third-order valence-electron chi connectivity index (χ3n) is 4.73. The van der Waals surface area contributed by atoms with Crippen molar-refractivity contribution in [3.63, 3.8) is 0 Å². The smallest absolute Gasteiger partial charge is 0.280 e. The number of aryl methyl sites for hydroxylation is 2. The molecule has 1 aliphatic heterocycles. The summed E-state index contributed by atoms with van der Waals surface area (Å²) in [5.41, 5.74) is 2.29. The Labute approximate surface area is 161 Å². The largest absolute Gasteiger partial charge is 0.494 e. The zero-order valence-corrected chi connectivity index (χ0v) is 16.5. The SMILES string of the molecule is COc1ccc(C)c2sc(N(C[C@@H]3CCCO3)C(=O)c3ccn(C)n3)nc12. The van der Waals surface area contributed by atoms with Gasteiger partial charge in [-0.15, -0.1) is 0 Å². The number of amides is 1. The lowest BCUT2D eigenvalue weighted by molar-refractivity contribution is 0.0913. The molecule has 1 fully saturated rings. The minimum absolute atomic E-state index is 0.0210. The lowest BCUT2D eigenvalue weighted by Crippen LogP contribution is -2.37. The number of thiazole rings is 1. The molecule has 4 rings (SSSR count). The molecule has 1 saturated heterocycles. The van der Waals surface area contributed by atoms with E-state index in [4.69, 9.17) is 14.5 Å². The van der Waals surface area contributed by atoms with E-state index in [0.29, 0.717) is 23.1 Å². The van der Waals surface area contributed by atoms with Gasteiger partial charge in [0.05, 0.1) is 24.5 Å². The van der Waals surface area contributed by atoms with Gasteiger partial charge in [-0.1, -0.05) is 17.4 Å². The quantitative estimate of drug-likeness (QED) is 0.674. The van der Waals surface area contributed by atoms with E-state index in [0.717, 1.165) is 35.2 Å². The van der Waals surface area contributed by atoms with Crippen LogP contribution in [0.2, 0.25) is 0 Å². The van der Waals surface area contributed by atoms with E-state index in [1.165, 1.54) is 11.3 Å². The minimum Gasteiger partial charge on any atom is -0.494 e. The van der Waals surface area contributed by atoms with Crippen molar-refractivity contribution in [2.45, 2.75) is 25.9 Å². The van der Waals surface area contributed by atoms with Crippen LogP contribution in [0, 0.1) is 6.92 Å². The number of rotatable bonds is 5. The van der Waals surface area contributed by atoms with Crippen molar-refractivity contribution in [3.8, 4) is 5.75 Å². The van der Waals surface area contributed by atoms with Gasteiger partial charge in [-0.05, 0) is 37.5 Å². The molecule has 0 aliphatic carbocycles. The van der Waals surface area contributed by atoms with Gasteiger partial charge in [0.2, 0.25) is 0 Å². The Morgan fingerprint density at radius 2 is 2.30 bits per heavy atom. The summed E-state index contributed by atoms with van der Waals surface area (Å²) >= 11 is 1.50. The maximum atomic E-state index is 13.2. The molecule has 8 heteroatoms. The number of carbonyl (C=O) groups is 1. The maximum absolute atomic E-state index is 13.2. The Kier molecular flexibility index (Phi) is 4.84. The van der Waals surface area contributed by atoms with E-state index in [2.05, 4.69) is 5.10 Å². The number of carbonyl (C=O) groups excluding carboxylic acids is 1. The molecule has 0 unspecified atom stereocenters. The van der Waals surface area contributed by atoms with E-state index < -0.39 is 0 Å². The fourth-order valence-corrected chi connectivity index (χ4v) is 4.34. The van der Waals surface area contributed by atoms with Gasteiger partial charge in [0.1, 0.15) is 11.3 Å². The summed E-state index contributed by atoms with van der Waals surface area (Å²) in [5.74, 6) is 0.544. The van der Waals surface area contributed by atoms with Gasteiger partial charge in [0.15, 0.2) is 10.8 Å². The van der Waals surface area contributed by atoms with Crippen molar-refractivity contribution in [3.05, 3.63) is 35.7 Å². The molecule has 142 valence electrons. The Balaban J connectivity index is 1.76. The lowest BCUT2D eigenvalue weighted by atomic mass is 10.2. The van der Waals surface area contributed by atoms with Crippen molar-refractivity contribution in [2.75, 3.05) is 25.2 Å². The Hall–Kier alpha value is -2.45. The van der Waals surface area contributed by atoms with Crippen LogP contribution in [0.5, 0.6) is 5.75 Å². The molecule has 1 aliphatic rings. The second-order valence-corrected chi connectivity index (χ2v) is 7.66. The molecule has 2 aromatic heterocycles. The molecule has 0 saturated carbocycles. The fraction of sp³-hybridized carbons (Fsp3) is 0.421. The summed E-state index contributed by atoms with van der Waals surface area (Å²) < 4.78 is 13.9. The normalized spacial score (nSPS) is 16.8. The first-order chi connectivity index (χ1) is 13.1. The van der Waals surface area contributed by atoms with Crippen LogP contribution in [0.15, 0.2) is 24.4 Å². The zero-order chi connectivity index (χ0) is 19.0. The second kappa shape index (κ2) is 7.28. The van der Waals surface area contributed by atoms with Crippen molar-refractivity contribution in [2.24, 2.45) is 7.05 Å². The molecule has 0 bridgehead atoms. The van der Waals surface area contributed by atoms with Crippen LogP contribution in [0.3, 0.4) is 0 Å². The van der Waals surface area contributed by atoms with Crippen LogP contribution in [-0.2, 0) is 11.8 Å². The summed E-state index contributed by atoms with van der Waals surface area (Å²) in [6.07, 6.45) is 3.75. The van der Waals surface area contributed by atoms with E-state index in [9.17, 15) is 4.79 Å². The van der Waals surface area contributed by atoms with E-state index >= 15 is 0 Å². The number of methoxy groups -OCH3 is 1. The minimum atomic E-state index is -0.165. The van der Waals surface area contributed by atoms with E-state index in [1.807, 2.05) is 19.1 Å². The van der Waals surface area contributed by atoms with Gasteiger partial charge in [0, 0.05) is 19.9 Å². The van der Waals surface area contributed by atoms with Gasteiger partial charge in [-0.25, -0.2) is 4.98 Å². The van der Waals surface area contributed by atoms with Crippen LogP contribution >= 0.6 is 11.3 Å². The highest BCUT2D eigenvalue weighted by molar-refractivity contribution is 7.22. The molecule has 3 aromatic rings. The Morgan fingerprint density at radius 3 is 2.96 bits per heavy atom. The number of hydrogen-bond acceptors (Lipinski definition) is 6. The monoisotopic (exact) mass is 386 g/mol. The highest BCUT2D eigenvalue weighted by atomic mass is 32.1. The predicted molar refractivity (Wildman–Crippen MR) is 105 cm³/mol. The molecule has 27 heavy (non-hydrogen) atoms. The molecule has 0 radical (unpaired) electrons. The number of anilines is 1. The number of benzene rings is 1. The molecule has 0 spiro atoms.